The number of hydrogen-bond donors (Lipinski definition) is 1. The molecule has 0 radical (unpaired) electrons. The number of carbonyl (C=O) groups is 1. The lowest BCUT2D eigenvalue weighted by Crippen LogP contribution is -2.46. The second-order valence-corrected chi connectivity index (χ2v) is 12.4. The van der Waals surface area contributed by atoms with Crippen LogP contribution in [0.1, 0.15) is 68.2 Å². The third-order valence-electron chi connectivity index (χ3n) is 9.83. The Kier molecular flexibility index (Phi) is 8.35. The van der Waals surface area contributed by atoms with Crippen LogP contribution in [-0.4, -0.2) is 69.4 Å². The molecule has 1 saturated carbocycles. The molecule has 3 heterocycles. The molecule has 3 atom stereocenters. The molecule has 2 saturated heterocycles. The number of rotatable bonds is 8. The van der Waals surface area contributed by atoms with Crippen molar-refractivity contribution in [3.05, 3.63) is 78.0 Å². The first-order valence-corrected chi connectivity index (χ1v) is 15.4. The number of carboxylic acids is 1. The molecule has 6 nitrogen and oxygen atoms in total. The Hall–Kier alpha value is -2.96. The van der Waals surface area contributed by atoms with E-state index >= 15 is 0 Å². The molecule has 2 aromatic carbocycles. The van der Waals surface area contributed by atoms with Crippen molar-refractivity contribution in [1.82, 2.24) is 19.6 Å². The molecule has 1 aliphatic carbocycles. The van der Waals surface area contributed by atoms with E-state index in [1.165, 1.54) is 36.1 Å². The van der Waals surface area contributed by atoms with Gasteiger partial charge in [0.1, 0.15) is 6.04 Å². The number of aliphatic carboxylic acids is 1. The van der Waals surface area contributed by atoms with Gasteiger partial charge in [-0.15, -0.1) is 0 Å². The Morgan fingerprint density at radius 2 is 1.60 bits per heavy atom. The zero-order valence-electron chi connectivity index (χ0n) is 23.9. The quantitative estimate of drug-likeness (QED) is 0.366. The lowest BCUT2D eigenvalue weighted by molar-refractivity contribution is -0.145. The van der Waals surface area contributed by atoms with Crippen LogP contribution in [0.25, 0.3) is 11.3 Å². The van der Waals surface area contributed by atoms with Crippen LogP contribution in [0.2, 0.25) is 0 Å². The van der Waals surface area contributed by atoms with Crippen molar-refractivity contribution in [2.45, 2.75) is 69.9 Å². The smallest absolute Gasteiger partial charge is 0.321 e. The minimum atomic E-state index is -0.621. The third kappa shape index (κ3) is 5.89. The molecule has 2 aliphatic heterocycles. The average molecular weight is 541 g/mol. The monoisotopic (exact) mass is 540 g/mol. The Balaban J connectivity index is 1.13. The van der Waals surface area contributed by atoms with Crippen molar-refractivity contribution in [1.29, 1.82) is 0 Å². The van der Waals surface area contributed by atoms with Crippen LogP contribution in [0.5, 0.6) is 0 Å². The highest BCUT2D eigenvalue weighted by atomic mass is 16.4. The zero-order chi connectivity index (χ0) is 27.5. The SMILES string of the molecule is Cc1cc(-c2ccccc2)nn1C1CCN(CC2CN(C(C(=O)O)C3CCCCC3)CC2c2ccccc2)CC1. The van der Waals surface area contributed by atoms with Crippen LogP contribution in [0, 0.1) is 18.8 Å². The summed E-state index contributed by atoms with van der Waals surface area (Å²) in [5, 5.41) is 15.3. The number of benzene rings is 2. The first kappa shape index (κ1) is 27.2. The standard InChI is InChI=1S/C34H44N4O2/c1-25-21-32(27-13-7-3-8-14-27)35-38(25)30-17-19-36(20-18-30)22-29-23-37(24-31(29)26-11-5-2-6-12-26)33(34(39)40)28-15-9-4-10-16-28/h2-3,5-8,11-14,21,28-31,33H,4,9-10,15-20,22-24H2,1H3,(H,39,40). The van der Waals surface area contributed by atoms with Crippen molar-refractivity contribution in [3.8, 4) is 11.3 Å². The Labute approximate surface area is 239 Å². The number of aryl methyl sites for hydroxylation is 1. The van der Waals surface area contributed by atoms with Crippen molar-refractivity contribution < 1.29 is 9.90 Å². The summed E-state index contributed by atoms with van der Waals surface area (Å²) in [6, 6.07) is 23.6. The van der Waals surface area contributed by atoms with Crippen LogP contribution in [-0.2, 0) is 4.79 Å². The maximum atomic E-state index is 12.6. The van der Waals surface area contributed by atoms with E-state index in [1.54, 1.807) is 0 Å². The van der Waals surface area contributed by atoms with Gasteiger partial charge < -0.3 is 10.0 Å². The summed E-state index contributed by atoms with van der Waals surface area (Å²) in [6.45, 7) is 7.07. The van der Waals surface area contributed by atoms with E-state index in [2.05, 4.69) is 82.1 Å². The Bertz CT molecular complexity index is 1250. The predicted molar refractivity (Wildman–Crippen MR) is 159 cm³/mol. The average Bonchev–Trinajstić information content (AvgIpc) is 3.58. The van der Waals surface area contributed by atoms with Gasteiger partial charge in [-0.2, -0.15) is 5.10 Å². The fraction of sp³-hybridized carbons (Fsp3) is 0.529. The van der Waals surface area contributed by atoms with Gasteiger partial charge in [-0.25, -0.2) is 0 Å². The first-order chi connectivity index (χ1) is 19.6. The molecular weight excluding hydrogens is 496 g/mol. The maximum absolute atomic E-state index is 12.6. The zero-order valence-corrected chi connectivity index (χ0v) is 23.9. The molecule has 3 unspecified atom stereocenters. The molecule has 1 aromatic heterocycles. The largest absolute Gasteiger partial charge is 0.480 e. The second kappa shape index (κ2) is 12.3. The highest BCUT2D eigenvalue weighted by Gasteiger charge is 2.43. The van der Waals surface area contributed by atoms with E-state index < -0.39 is 5.97 Å². The van der Waals surface area contributed by atoms with Gasteiger partial charge in [0.05, 0.1) is 11.7 Å². The van der Waals surface area contributed by atoms with Gasteiger partial charge >= 0.3 is 5.97 Å². The third-order valence-corrected chi connectivity index (χ3v) is 9.83. The lowest BCUT2D eigenvalue weighted by atomic mass is 9.83. The van der Waals surface area contributed by atoms with Crippen molar-refractivity contribution >= 4 is 5.97 Å². The van der Waals surface area contributed by atoms with Gasteiger partial charge in [0.2, 0.25) is 0 Å². The number of carboxylic acid groups (broad SMARTS) is 1. The van der Waals surface area contributed by atoms with Crippen LogP contribution in [0.3, 0.4) is 0 Å². The highest BCUT2D eigenvalue weighted by Crippen LogP contribution is 2.39. The minimum absolute atomic E-state index is 0.287. The molecule has 3 aliphatic rings. The van der Waals surface area contributed by atoms with Gasteiger partial charge in [0, 0.05) is 49.9 Å². The first-order valence-electron chi connectivity index (χ1n) is 15.4. The number of likely N-dealkylation sites (tertiary alicyclic amines) is 2. The predicted octanol–water partition coefficient (Wildman–Crippen LogP) is 6.24. The summed E-state index contributed by atoms with van der Waals surface area (Å²) in [6.07, 6.45) is 7.91. The van der Waals surface area contributed by atoms with Crippen molar-refractivity contribution in [3.63, 3.8) is 0 Å². The van der Waals surface area contributed by atoms with E-state index in [9.17, 15) is 9.90 Å². The molecule has 6 heteroatoms. The Morgan fingerprint density at radius 3 is 2.27 bits per heavy atom. The number of aromatic nitrogens is 2. The summed E-state index contributed by atoms with van der Waals surface area (Å²) < 4.78 is 2.26. The highest BCUT2D eigenvalue weighted by molar-refractivity contribution is 5.74. The van der Waals surface area contributed by atoms with E-state index in [0.29, 0.717) is 17.9 Å². The molecule has 0 spiro atoms. The molecule has 40 heavy (non-hydrogen) atoms. The van der Waals surface area contributed by atoms with Crippen LogP contribution >= 0.6 is 0 Å². The van der Waals surface area contributed by atoms with Gasteiger partial charge in [0.15, 0.2) is 0 Å². The van der Waals surface area contributed by atoms with E-state index in [-0.39, 0.29) is 12.0 Å². The minimum Gasteiger partial charge on any atom is -0.480 e. The molecule has 3 fully saturated rings. The van der Waals surface area contributed by atoms with Crippen molar-refractivity contribution in [2.75, 3.05) is 32.7 Å². The van der Waals surface area contributed by atoms with Crippen LogP contribution in [0.4, 0.5) is 0 Å². The van der Waals surface area contributed by atoms with Gasteiger partial charge in [-0.3, -0.25) is 14.4 Å². The topological polar surface area (TPSA) is 61.6 Å². The molecular formula is C34H44N4O2. The van der Waals surface area contributed by atoms with E-state index in [0.717, 1.165) is 64.1 Å². The second-order valence-electron chi connectivity index (χ2n) is 12.4. The molecule has 0 bridgehead atoms. The fourth-order valence-electron chi connectivity index (χ4n) is 7.79. The van der Waals surface area contributed by atoms with Gasteiger partial charge in [-0.05, 0) is 56.1 Å². The Morgan fingerprint density at radius 1 is 0.925 bits per heavy atom. The fourth-order valence-corrected chi connectivity index (χ4v) is 7.79. The summed E-state index contributed by atoms with van der Waals surface area (Å²) >= 11 is 0. The van der Waals surface area contributed by atoms with E-state index in [4.69, 9.17) is 5.10 Å². The molecule has 6 rings (SSSR count). The van der Waals surface area contributed by atoms with Crippen molar-refractivity contribution in [2.24, 2.45) is 11.8 Å². The van der Waals surface area contributed by atoms with Crippen LogP contribution < -0.4 is 0 Å². The van der Waals surface area contributed by atoms with Crippen LogP contribution in [0.15, 0.2) is 66.7 Å². The molecule has 0 amide bonds. The number of piperidine rings is 1. The van der Waals surface area contributed by atoms with Gasteiger partial charge in [-0.1, -0.05) is 79.9 Å². The van der Waals surface area contributed by atoms with Gasteiger partial charge in [0.25, 0.3) is 0 Å². The summed E-state index contributed by atoms with van der Waals surface area (Å²) in [7, 11) is 0. The molecule has 212 valence electrons. The van der Waals surface area contributed by atoms with E-state index in [1.807, 2.05) is 6.07 Å². The number of nitrogens with zero attached hydrogens (tertiary/aromatic N) is 4. The number of hydrogen-bond acceptors (Lipinski definition) is 4. The molecule has 3 aromatic rings. The maximum Gasteiger partial charge on any atom is 0.321 e. The molecule has 1 N–H and O–H groups in total. The summed E-state index contributed by atoms with van der Waals surface area (Å²) in [4.78, 5) is 17.5. The summed E-state index contributed by atoms with van der Waals surface area (Å²) in [5.41, 5.74) is 4.82. The lowest BCUT2D eigenvalue weighted by Gasteiger charge is -2.35. The normalized spacial score (nSPS) is 24.3. The summed E-state index contributed by atoms with van der Waals surface area (Å²) in [5.74, 6) is 0.492.